The summed E-state index contributed by atoms with van der Waals surface area (Å²) in [4.78, 5) is 14.0. The summed E-state index contributed by atoms with van der Waals surface area (Å²) in [5.41, 5.74) is 0.0809. The van der Waals surface area contributed by atoms with Crippen LogP contribution in [0, 0.1) is 5.92 Å². The van der Waals surface area contributed by atoms with Gasteiger partial charge in [-0.25, -0.2) is 0 Å². The largest absolute Gasteiger partial charge is 0.416 e. The van der Waals surface area contributed by atoms with Gasteiger partial charge in [-0.15, -0.1) is 0 Å². The zero-order chi connectivity index (χ0) is 17.4. The van der Waals surface area contributed by atoms with E-state index in [1.54, 1.807) is 18.2 Å². The predicted octanol–water partition coefficient (Wildman–Crippen LogP) is 3.03. The third-order valence-electron chi connectivity index (χ3n) is 4.26. The van der Waals surface area contributed by atoms with E-state index >= 15 is 0 Å². The second kappa shape index (κ2) is 6.63. The molecule has 0 bridgehead atoms. The van der Waals surface area contributed by atoms with Gasteiger partial charge in [-0.05, 0) is 37.0 Å². The average molecular weight is 347 g/mol. The molecule has 23 heavy (non-hydrogen) atoms. The van der Waals surface area contributed by atoms with Gasteiger partial charge in [0.05, 0.1) is 5.56 Å². The van der Waals surface area contributed by atoms with Crippen LogP contribution in [0.1, 0.15) is 30.4 Å². The number of carbonyl (C=O) groups is 1. The van der Waals surface area contributed by atoms with Crippen LogP contribution in [0.4, 0.5) is 13.2 Å². The number of carbonyl (C=O) groups excluding carboxylic acids is 1. The second-order valence-electron chi connectivity index (χ2n) is 6.11. The molecule has 3 nitrogen and oxygen atoms in total. The van der Waals surface area contributed by atoms with Gasteiger partial charge < -0.3 is 4.90 Å². The minimum absolute atomic E-state index is 0.0217. The van der Waals surface area contributed by atoms with Gasteiger partial charge in [0.2, 0.25) is 5.91 Å². The van der Waals surface area contributed by atoms with Gasteiger partial charge in [0.1, 0.15) is 0 Å². The molecule has 2 rings (SSSR count). The Morgan fingerprint density at radius 1 is 1.35 bits per heavy atom. The number of hydrogen-bond donors (Lipinski definition) is 0. The van der Waals surface area contributed by atoms with E-state index in [1.165, 1.54) is 12.1 Å². The summed E-state index contributed by atoms with van der Waals surface area (Å²) >= 11 is 0. The summed E-state index contributed by atoms with van der Waals surface area (Å²) in [5.74, 6) is 0.170. The number of alkyl halides is 3. The zero-order valence-corrected chi connectivity index (χ0v) is 14.1. The van der Waals surface area contributed by atoms with Crippen molar-refractivity contribution < 1.29 is 22.2 Å². The molecule has 1 aromatic carbocycles. The lowest BCUT2D eigenvalue weighted by Gasteiger charge is -2.24. The summed E-state index contributed by atoms with van der Waals surface area (Å²) in [6.07, 6.45) is -2.10. The van der Waals surface area contributed by atoms with Crippen molar-refractivity contribution in [3.8, 4) is 0 Å². The highest BCUT2D eigenvalue weighted by Crippen LogP contribution is 2.48. The molecule has 0 heterocycles. The lowest BCUT2D eigenvalue weighted by molar-refractivity contribution is -0.137. The summed E-state index contributed by atoms with van der Waals surface area (Å²) in [7, 11) is 0.701. The molecule has 0 unspecified atom stereocenters. The Morgan fingerprint density at radius 2 is 1.91 bits per heavy atom. The van der Waals surface area contributed by atoms with E-state index in [0.29, 0.717) is 12.2 Å². The fraction of sp³-hybridized carbons (Fsp3) is 0.562. The average Bonchev–Trinajstić information content (AvgIpc) is 3.24. The smallest absolute Gasteiger partial charge is 0.342 e. The van der Waals surface area contributed by atoms with Crippen molar-refractivity contribution in [3.05, 3.63) is 35.4 Å². The van der Waals surface area contributed by atoms with Crippen molar-refractivity contribution in [2.45, 2.75) is 31.5 Å². The number of rotatable bonds is 5. The van der Waals surface area contributed by atoms with E-state index in [9.17, 15) is 22.2 Å². The van der Waals surface area contributed by atoms with Gasteiger partial charge in [0, 0.05) is 41.8 Å². The predicted molar refractivity (Wildman–Crippen MR) is 83.5 cm³/mol. The van der Waals surface area contributed by atoms with Crippen LogP contribution in [0.15, 0.2) is 24.3 Å². The van der Waals surface area contributed by atoms with Gasteiger partial charge in [0.15, 0.2) is 0 Å². The molecule has 0 saturated heterocycles. The van der Waals surface area contributed by atoms with E-state index in [4.69, 9.17) is 0 Å². The number of amides is 1. The molecule has 0 aliphatic heterocycles. The first-order valence-electron chi connectivity index (χ1n) is 7.35. The van der Waals surface area contributed by atoms with Crippen molar-refractivity contribution in [2.75, 3.05) is 19.1 Å². The maximum Gasteiger partial charge on any atom is 0.416 e. The Morgan fingerprint density at radius 3 is 2.39 bits per heavy atom. The molecular weight excluding hydrogens is 327 g/mol. The molecule has 1 fully saturated rings. The van der Waals surface area contributed by atoms with E-state index in [0.717, 1.165) is 17.7 Å². The van der Waals surface area contributed by atoms with E-state index in [-0.39, 0.29) is 23.8 Å². The lowest BCUT2D eigenvalue weighted by atomic mass is 10.1. The molecule has 0 N–H and O–H groups in total. The van der Waals surface area contributed by atoms with Crippen molar-refractivity contribution in [2.24, 2.45) is 5.92 Å². The van der Waals surface area contributed by atoms with Crippen LogP contribution in [0.3, 0.4) is 0 Å². The lowest BCUT2D eigenvalue weighted by Crippen LogP contribution is -2.39. The highest BCUT2D eigenvalue weighted by molar-refractivity contribution is 7.84. The summed E-state index contributed by atoms with van der Waals surface area (Å²) in [5, 5.41) is 0. The Kier molecular flexibility index (Phi) is 5.18. The molecule has 1 amide bonds. The summed E-state index contributed by atoms with van der Waals surface area (Å²) in [6, 6.07) is 4.89. The third-order valence-corrected chi connectivity index (χ3v) is 5.21. The van der Waals surface area contributed by atoms with Crippen LogP contribution in [0.5, 0.6) is 0 Å². The van der Waals surface area contributed by atoms with Gasteiger partial charge in [-0.2, -0.15) is 13.2 Å². The van der Waals surface area contributed by atoms with Crippen molar-refractivity contribution in [1.29, 1.82) is 0 Å². The summed E-state index contributed by atoms with van der Waals surface area (Å²) in [6.45, 7) is 1.84. The van der Waals surface area contributed by atoms with Crippen LogP contribution < -0.4 is 0 Å². The fourth-order valence-corrected chi connectivity index (χ4v) is 3.59. The van der Waals surface area contributed by atoms with Crippen LogP contribution >= 0.6 is 0 Å². The molecule has 1 aliphatic rings. The van der Waals surface area contributed by atoms with Crippen molar-refractivity contribution in [1.82, 2.24) is 4.90 Å². The molecule has 0 spiro atoms. The highest BCUT2D eigenvalue weighted by Gasteiger charge is 2.46. The number of benzene rings is 1. The first kappa shape index (κ1) is 18.0. The molecule has 1 aliphatic carbocycles. The first-order chi connectivity index (χ1) is 10.6. The Labute approximate surface area is 136 Å². The Bertz CT molecular complexity index is 600. The van der Waals surface area contributed by atoms with E-state index in [2.05, 4.69) is 0 Å². The van der Waals surface area contributed by atoms with Gasteiger partial charge in [-0.1, -0.05) is 12.1 Å². The molecule has 4 atom stereocenters. The van der Waals surface area contributed by atoms with Crippen LogP contribution in [-0.4, -0.2) is 40.1 Å². The molecule has 0 aromatic heterocycles. The van der Waals surface area contributed by atoms with Gasteiger partial charge >= 0.3 is 6.18 Å². The van der Waals surface area contributed by atoms with Gasteiger partial charge in [-0.3, -0.25) is 9.00 Å². The van der Waals surface area contributed by atoms with Crippen LogP contribution in [0.25, 0.3) is 0 Å². The fourth-order valence-electron chi connectivity index (χ4n) is 2.69. The Balaban J connectivity index is 1.99. The molecule has 7 heteroatoms. The van der Waals surface area contributed by atoms with Crippen LogP contribution in [0.2, 0.25) is 0 Å². The Hall–Kier alpha value is -1.37. The minimum atomic E-state index is -4.34. The molecule has 128 valence electrons. The molecule has 0 radical (unpaired) electrons. The molecule has 1 saturated carbocycles. The van der Waals surface area contributed by atoms with Crippen molar-refractivity contribution >= 4 is 16.7 Å². The SMILES string of the molecule is C[C@H](C[S@@](C)=O)N(C)C(=O)[C@@H]1C[C@@H]1c1ccc(C(F)(F)F)cc1. The van der Waals surface area contributed by atoms with E-state index < -0.39 is 22.5 Å². The monoisotopic (exact) mass is 347 g/mol. The quantitative estimate of drug-likeness (QED) is 0.821. The number of halogens is 3. The standard InChI is InChI=1S/C16H20F3NO2S/c1-10(9-23(3)22)20(2)15(21)14-8-13(14)11-4-6-12(7-5-11)16(17,18)19/h4-7,10,13-14H,8-9H2,1-3H3/t10-,13-,14-,23-/m1/s1. The van der Waals surface area contributed by atoms with E-state index in [1.807, 2.05) is 6.92 Å². The molecular formula is C16H20F3NO2S. The van der Waals surface area contributed by atoms with Crippen molar-refractivity contribution in [3.63, 3.8) is 0 Å². The maximum absolute atomic E-state index is 12.6. The highest BCUT2D eigenvalue weighted by atomic mass is 32.2. The van der Waals surface area contributed by atoms with Gasteiger partial charge in [0.25, 0.3) is 0 Å². The minimum Gasteiger partial charge on any atom is -0.342 e. The zero-order valence-electron chi connectivity index (χ0n) is 13.3. The van der Waals surface area contributed by atoms with Crippen LogP contribution in [-0.2, 0) is 21.8 Å². The second-order valence-corrected chi connectivity index (χ2v) is 7.59. The number of hydrogen-bond acceptors (Lipinski definition) is 2. The third kappa shape index (κ3) is 4.34. The maximum atomic E-state index is 12.6. The topological polar surface area (TPSA) is 37.4 Å². The molecule has 1 aromatic rings. The first-order valence-corrected chi connectivity index (χ1v) is 9.08. The summed E-state index contributed by atoms with van der Waals surface area (Å²) < 4.78 is 48.9. The normalized spacial score (nSPS) is 23.2. The number of nitrogens with zero attached hydrogens (tertiary/aromatic N) is 1.